The Bertz CT molecular complexity index is 1750. The molecule has 1 atom stereocenters. The Morgan fingerprint density at radius 2 is 1.82 bits per heavy atom. The summed E-state index contributed by atoms with van der Waals surface area (Å²) >= 11 is 7.75. The molecule has 45 heavy (non-hydrogen) atoms. The summed E-state index contributed by atoms with van der Waals surface area (Å²) in [5.41, 5.74) is 4.75. The normalized spacial score (nSPS) is 14.9. The SMILES string of the molecule is Cc1cc(C)cc(-c2c(OCCC3CCCC[NH2+]3)c3cc(C(=O)Nc4cc(C)ns4)c(Cl)cc3[nH]c2=O)c1.O=C([O-])C(F)(F)F. The third-order valence-electron chi connectivity index (χ3n) is 7.17. The highest BCUT2D eigenvalue weighted by atomic mass is 35.5. The third-order valence-corrected chi connectivity index (χ3v) is 8.28. The van der Waals surface area contributed by atoms with Crippen molar-refractivity contribution < 1.29 is 37.9 Å². The second-order valence-corrected chi connectivity index (χ2v) is 12.1. The Balaban J connectivity index is 0.000000591. The van der Waals surface area contributed by atoms with Gasteiger partial charge in [-0.05, 0) is 75.3 Å². The highest BCUT2D eigenvalue weighted by molar-refractivity contribution is 7.10. The van der Waals surface area contributed by atoms with Crippen LogP contribution in [0.3, 0.4) is 0 Å². The van der Waals surface area contributed by atoms with E-state index in [2.05, 4.69) is 26.1 Å². The van der Waals surface area contributed by atoms with Crippen LogP contribution >= 0.6 is 23.1 Å². The van der Waals surface area contributed by atoms with Crippen molar-refractivity contribution in [1.82, 2.24) is 9.36 Å². The molecule has 0 bridgehead atoms. The Hall–Kier alpha value is -3.94. The summed E-state index contributed by atoms with van der Waals surface area (Å²) in [6.07, 6.45) is -0.661. The van der Waals surface area contributed by atoms with E-state index < -0.39 is 12.1 Å². The largest absolute Gasteiger partial charge is 0.542 e. The quantitative estimate of drug-likeness (QED) is 0.262. The molecule has 1 unspecified atom stereocenters. The standard InChI is InChI=1S/C29H31ClN4O3S.C2HF3O2/c1-16-10-17(2)12-19(11-16)26-27(37-9-7-20-6-4-5-8-31-20)22-14-21(23(30)15-24(22)32-29(26)36)28(35)33-25-13-18(3)34-38-25;3-2(4,5)1(6)7/h10-15,20,31H,4-9H2,1-3H3,(H,32,36)(H,33,35);(H,6,7). The summed E-state index contributed by atoms with van der Waals surface area (Å²) in [4.78, 5) is 38.4. The number of aromatic nitrogens is 2. The van der Waals surface area contributed by atoms with E-state index in [-0.39, 0.29) is 16.5 Å². The molecule has 1 aliphatic heterocycles. The van der Waals surface area contributed by atoms with Crippen molar-refractivity contribution in [2.75, 3.05) is 18.5 Å². The topological polar surface area (TPSA) is 141 Å². The van der Waals surface area contributed by atoms with Gasteiger partial charge in [-0.1, -0.05) is 40.9 Å². The summed E-state index contributed by atoms with van der Waals surface area (Å²) in [6.45, 7) is 7.50. The maximum absolute atomic E-state index is 13.4. The molecule has 4 N–H and O–H groups in total. The zero-order valence-corrected chi connectivity index (χ0v) is 26.3. The fraction of sp³-hybridized carbons (Fsp3) is 0.355. The number of rotatable bonds is 7. The Labute approximate surface area is 265 Å². The number of alkyl halides is 3. The average molecular weight is 665 g/mol. The van der Waals surface area contributed by atoms with Gasteiger partial charge < -0.3 is 30.3 Å². The number of nitrogens with zero attached hydrogens (tertiary/aromatic N) is 1. The zero-order valence-electron chi connectivity index (χ0n) is 24.8. The number of aliphatic carboxylic acids is 1. The lowest BCUT2D eigenvalue weighted by molar-refractivity contribution is -0.698. The number of aryl methyl sites for hydroxylation is 3. The number of fused-ring (bicyclic) bond motifs is 1. The number of aromatic amines is 1. The molecule has 1 amide bonds. The molecule has 1 fully saturated rings. The van der Waals surface area contributed by atoms with E-state index in [0.717, 1.165) is 35.3 Å². The minimum Gasteiger partial charge on any atom is -0.542 e. The van der Waals surface area contributed by atoms with Crippen LogP contribution in [0.25, 0.3) is 22.0 Å². The van der Waals surface area contributed by atoms with Crippen molar-refractivity contribution in [3.05, 3.63) is 74.2 Å². The molecular formula is C31H32ClF3N4O5S. The predicted octanol–water partition coefficient (Wildman–Crippen LogP) is 4.67. The first kappa shape index (κ1) is 33.9. The van der Waals surface area contributed by atoms with Gasteiger partial charge in [-0.3, -0.25) is 9.59 Å². The lowest BCUT2D eigenvalue weighted by Gasteiger charge is -2.21. The van der Waals surface area contributed by atoms with Crippen LogP contribution in [0, 0.1) is 20.8 Å². The Kier molecular flexibility index (Phi) is 10.9. The van der Waals surface area contributed by atoms with Gasteiger partial charge in [0.25, 0.3) is 11.5 Å². The average Bonchev–Trinajstić information content (AvgIpc) is 3.36. The van der Waals surface area contributed by atoms with Gasteiger partial charge in [-0.2, -0.15) is 17.5 Å². The Morgan fingerprint density at radius 1 is 1.13 bits per heavy atom. The van der Waals surface area contributed by atoms with Gasteiger partial charge in [-0.15, -0.1) is 0 Å². The molecule has 0 aliphatic carbocycles. The van der Waals surface area contributed by atoms with Crippen molar-refractivity contribution in [2.45, 2.75) is 58.7 Å². The van der Waals surface area contributed by atoms with Crippen LogP contribution in [-0.4, -0.2) is 46.6 Å². The number of nitrogens with two attached hydrogens (primary N) is 1. The molecule has 0 spiro atoms. The van der Waals surface area contributed by atoms with E-state index in [0.29, 0.717) is 45.4 Å². The van der Waals surface area contributed by atoms with Crippen molar-refractivity contribution in [2.24, 2.45) is 0 Å². The van der Waals surface area contributed by atoms with Crippen LogP contribution in [0.2, 0.25) is 5.02 Å². The number of amides is 1. The van der Waals surface area contributed by atoms with Gasteiger partial charge in [0, 0.05) is 11.8 Å². The van der Waals surface area contributed by atoms with Crippen molar-refractivity contribution in [1.29, 1.82) is 0 Å². The molecule has 1 aliphatic rings. The molecule has 5 rings (SSSR count). The molecule has 4 aromatic rings. The number of quaternary nitrogens is 1. The molecule has 14 heteroatoms. The lowest BCUT2D eigenvalue weighted by atomic mass is 9.98. The summed E-state index contributed by atoms with van der Waals surface area (Å²) < 4.78 is 42.2. The maximum atomic E-state index is 13.4. The van der Waals surface area contributed by atoms with E-state index in [1.165, 1.54) is 30.8 Å². The molecule has 9 nitrogen and oxygen atoms in total. The van der Waals surface area contributed by atoms with Crippen LogP contribution in [0.4, 0.5) is 18.2 Å². The first-order valence-electron chi connectivity index (χ1n) is 14.2. The lowest BCUT2D eigenvalue weighted by Crippen LogP contribution is -2.91. The minimum absolute atomic E-state index is 0.244. The van der Waals surface area contributed by atoms with Crippen LogP contribution < -0.4 is 26.0 Å². The second kappa shape index (κ2) is 14.4. The number of hydrogen-bond acceptors (Lipinski definition) is 7. The zero-order chi connectivity index (χ0) is 32.9. The smallest absolute Gasteiger partial charge is 0.430 e. The van der Waals surface area contributed by atoms with Crippen LogP contribution in [0.15, 0.2) is 41.2 Å². The number of carbonyl (C=O) groups excluding carboxylic acids is 2. The number of carboxylic acids is 1. The fourth-order valence-electron chi connectivity index (χ4n) is 5.19. The van der Waals surface area contributed by atoms with Gasteiger partial charge in [0.15, 0.2) is 0 Å². The number of pyridine rings is 1. The minimum atomic E-state index is -5.19. The molecule has 2 aromatic heterocycles. The monoisotopic (exact) mass is 664 g/mol. The summed E-state index contributed by atoms with van der Waals surface area (Å²) in [5, 5.41) is 15.6. The highest BCUT2D eigenvalue weighted by Crippen LogP contribution is 2.37. The van der Waals surface area contributed by atoms with E-state index >= 15 is 0 Å². The number of H-pyrrole nitrogens is 1. The summed E-state index contributed by atoms with van der Waals surface area (Å²) in [7, 11) is 0. The van der Waals surface area contributed by atoms with Crippen LogP contribution in [-0.2, 0) is 4.79 Å². The number of anilines is 1. The molecule has 240 valence electrons. The number of ether oxygens (including phenoxy) is 1. The first-order valence-corrected chi connectivity index (χ1v) is 15.3. The fourth-order valence-corrected chi connectivity index (χ4v) is 6.10. The van der Waals surface area contributed by atoms with E-state index in [9.17, 15) is 22.8 Å². The molecule has 1 saturated heterocycles. The van der Waals surface area contributed by atoms with Crippen molar-refractivity contribution in [3.8, 4) is 16.9 Å². The van der Waals surface area contributed by atoms with E-state index in [1.807, 2.05) is 39.0 Å². The van der Waals surface area contributed by atoms with Gasteiger partial charge >= 0.3 is 6.18 Å². The van der Waals surface area contributed by atoms with Crippen molar-refractivity contribution in [3.63, 3.8) is 0 Å². The number of halogens is 4. The number of hydrogen-bond donors (Lipinski definition) is 3. The third kappa shape index (κ3) is 8.83. The molecule has 3 heterocycles. The number of piperidine rings is 1. The van der Waals surface area contributed by atoms with Gasteiger partial charge in [0.05, 0.1) is 46.6 Å². The maximum Gasteiger partial charge on any atom is 0.430 e. The predicted molar refractivity (Wildman–Crippen MR) is 165 cm³/mol. The molecule has 2 aromatic carbocycles. The van der Waals surface area contributed by atoms with Gasteiger partial charge in [-0.25, -0.2) is 0 Å². The van der Waals surface area contributed by atoms with Crippen LogP contribution in [0.5, 0.6) is 5.75 Å². The van der Waals surface area contributed by atoms with Crippen LogP contribution in [0.1, 0.15) is 52.9 Å². The number of carboxylic acid groups (broad SMARTS) is 1. The second-order valence-electron chi connectivity index (χ2n) is 10.9. The van der Waals surface area contributed by atoms with E-state index in [4.69, 9.17) is 26.2 Å². The van der Waals surface area contributed by atoms with Gasteiger partial charge in [0.2, 0.25) is 0 Å². The summed E-state index contributed by atoms with van der Waals surface area (Å²) in [5.74, 6) is -2.88. The number of benzene rings is 2. The van der Waals surface area contributed by atoms with E-state index in [1.54, 1.807) is 12.1 Å². The molecule has 0 saturated carbocycles. The van der Waals surface area contributed by atoms with Gasteiger partial charge in [0.1, 0.15) is 16.7 Å². The highest BCUT2D eigenvalue weighted by Gasteiger charge is 2.29. The molecular weight excluding hydrogens is 633 g/mol. The number of carbonyl (C=O) groups is 2. The number of nitrogens with one attached hydrogen (secondary N) is 2. The van der Waals surface area contributed by atoms with Crippen molar-refractivity contribution >= 4 is 50.9 Å². The summed E-state index contributed by atoms with van der Waals surface area (Å²) in [6, 6.07) is 11.7. The molecule has 0 radical (unpaired) electrons. The Morgan fingerprint density at radius 3 is 2.40 bits per heavy atom. The first-order chi connectivity index (χ1) is 21.2.